The summed E-state index contributed by atoms with van der Waals surface area (Å²) in [6.45, 7) is 6.35. The molecule has 0 saturated carbocycles. The monoisotopic (exact) mass is 256 g/mol. The third kappa shape index (κ3) is 2.16. The van der Waals surface area contributed by atoms with Crippen LogP contribution in [0.4, 0.5) is 0 Å². The molecule has 4 nitrogen and oxygen atoms in total. The van der Waals surface area contributed by atoms with Gasteiger partial charge in [-0.1, -0.05) is 44.2 Å². The molecule has 0 fully saturated rings. The highest BCUT2D eigenvalue weighted by atomic mass is 15.3. The predicted octanol–water partition coefficient (Wildman–Crippen LogP) is 2.48. The van der Waals surface area contributed by atoms with Crippen molar-refractivity contribution in [3.8, 4) is 0 Å². The zero-order chi connectivity index (χ0) is 13.2. The lowest BCUT2D eigenvalue weighted by molar-refractivity contribution is 0.439. The first kappa shape index (κ1) is 12.4. The second kappa shape index (κ2) is 5.13. The normalized spacial score (nSPS) is 20.0. The Kier molecular flexibility index (Phi) is 3.34. The van der Waals surface area contributed by atoms with E-state index in [-0.39, 0.29) is 6.04 Å². The first-order chi connectivity index (χ1) is 9.31. The Morgan fingerprint density at radius 2 is 2.11 bits per heavy atom. The summed E-state index contributed by atoms with van der Waals surface area (Å²) in [5.41, 5.74) is 1.26. The van der Waals surface area contributed by atoms with Crippen molar-refractivity contribution in [1.29, 1.82) is 0 Å². The molecule has 0 saturated heterocycles. The van der Waals surface area contributed by atoms with Gasteiger partial charge in [0.25, 0.3) is 0 Å². The van der Waals surface area contributed by atoms with Crippen molar-refractivity contribution in [2.24, 2.45) is 0 Å². The molecule has 0 aliphatic carbocycles. The quantitative estimate of drug-likeness (QED) is 0.917. The van der Waals surface area contributed by atoms with E-state index >= 15 is 0 Å². The summed E-state index contributed by atoms with van der Waals surface area (Å²) in [6, 6.07) is 10.6. The SMILES string of the molecule is CCC(C)c1nnc2n1CCNC2c1ccccc1. The molecule has 2 atom stereocenters. The van der Waals surface area contributed by atoms with Crippen LogP contribution in [0.2, 0.25) is 0 Å². The molecular formula is C15H20N4. The molecule has 100 valence electrons. The van der Waals surface area contributed by atoms with E-state index in [0.717, 1.165) is 31.2 Å². The summed E-state index contributed by atoms with van der Waals surface area (Å²) in [5, 5.41) is 12.4. The van der Waals surface area contributed by atoms with Gasteiger partial charge in [0.1, 0.15) is 5.82 Å². The summed E-state index contributed by atoms with van der Waals surface area (Å²) in [5.74, 6) is 2.64. The van der Waals surface area contributed by atoms with E-state index in [4.69, 9.17) is 0 Å². The number of fused-ring (bicyclic) bond motifs is 1. The number of hydrogen-bond acceptors (Lipinski definition) is 3. The molecule has 0 radical (unpaired) electrons. The van der Waals surface area contributed by atoms with Crippen LogP contribution >= 0.6 is 0 Å². The topological polar surface area (TPSA) is 42.7 Å². The van der Waals surface area contributed by atoms with E-state index < -0.39 is 0 Å². The number of aromatic nitrogens is 3. The standard InChI is InChI=1S/C15H20N4/c1-3-11(2)14-17-18-15-13(16-9-10-19(14)15)12-7-5-4-6-8-12/h4-8,11,13,16H,3,9-10H2,1-2H3. The smallest absolute Gasteiger partial charge is 0.154 e. The van der Waals surface area contributed by atoms with Crippen molar-refractivity contribution in [2.75, 3.05) is 6.54 Å². The molecule has 2 heterocycles. The van der Waals surface area contributed by atoms with Gasteiger partial charge >= 0.3 is 0 Å². The van der Waals surface area contributed by atoms with Crippen LogP contribution in [-0.2, 0) is 6.54 Å². The summed E-state index contributed by atoms with van der Waals surface area (Å²) in [7, 11) is 0. The van der Waals surface area contributed by atoms with Gasteiger partial charge in [-0.25, -0.2) is 0 Å². The molecule has 1 N–H and O–H groups in total. The Bertz CT molecular complexity index is 547. The van der Waals surface area contributed by atoms with Gasteiger partial charge < -0.3 is 9.88 Å². The van der Waals surface area contributed by atoms with Gasteiger partial charge in [-0.2, -0.15) is 0 Å². The fourth-order valence-corrected chi connectivity index (χ4v) is 2.64. The fraction of sp³-hybridized carbons (Fsp3) is 0.467. The Balaban J connectivity index is 2.00. The van der Waals surface area contributed by atoms with Crippen LogP contribution in [0.1, 0.15) is 49.4 Å². The van der Waals surface area contributed by atoms with Crippen molar-refractivity contribution in [2.45, 2.75) is 38.8 Å². The molecule has 19 heavy (non-hydrogen) atoms. The molecule has 2 unspecified atom stereocenters. The number of hydrogen-bond donors (Lipinski definition) is 1. The van der Waals surface area contributed by atoms with Crippen LogP contribution in [0.5, 0.6) is 0 Å². The van der Waals surface area contributed by atoms with Gasteiger partial charge in [-0.15, -0.1) is 10.2 Å². The zero-order valence-corrected chi connectivity index (χ0v) is 11.5. The lowest BCUT2D eigenvalue weighted by atomic mass is 10.0. The Hall–Kier alpha value is -1.68. The van der Waals surface area contributed by atoms with Crippen LogP contribution in [0.25, 0.3) is 0 Å². The van der Waals surface area contributed by atoms with Crippen LogP contribution in [0.3, 0.4) is 0 Å². The van der Waals surface area contributed by atoms with Crippen LogP contribution in [-0.4, -0.2) is 21.3 Å². The van der Waals surface area contributed by atoms with Gasteiger partial charge in [-0.05, 0) is 12.0 Å². The van der Waals surface area contributed by atoms with Crippen molar-refractivity contribution in [1.82, 2.24) is 20.1 Å². The molecule has 0 amide bonds. The third-order valence-electron chi connectivity index (χ3n) is 3.94. The highest BCUT2D eigenvalue weighted by Gasteiger charge is 2.27. The third-order valence-corrected chi connectivity index (χ3v) is 3.94. The minimum absolute atomic E-state index is 0.167. The first-order valence-corrected chi connectivity index (χ1v) is 7.02. The van der Waals surface area contributed by atoms with E-state index in [1.165, 1.54) is 5.56 Å². The van der Waals surface area contributed by atoms with Crippen molar-refractivity contribution in [3.05, 3.63) is 47.5 Å². The van der Waals surface area contributed by atoms with E-state index in [1.54, 1.807) is 0 Å². The Morgan fingerprint density at radius 3 is 2.84 bits per heavy atom. The molecule has 1 aromatic heterocycles. The number of nitrogens with zero attached hydrogens (tertiary/aromatic N) is 3. The molecular weight excluding hydrogens is 236 g/mol. The maximum atomic E-state index is 4.43. The van der Waals surface area contributed by atoms with Crippen LogP contribution in [0.15, 0.2) is 30.3 Å². The molecule has 3 rings (SSSR count). The summed E-state index contributed by atoms with van der Waals surface area (Å²) < 4.78 is 2.29. The molecule has 2 aromatic rings. The van der Waals surface area contributed by atoms with Gasteiger partial charge in [0, 0.05) is 19.0 Å². The molecule has 1 aromatic carbocycles. The summed E-state index contributed by atoms with van der Waals surface area (Å²) >= 11 is 0. The number of benzene rings is 1. The average molecular weight is 256 g/mol. The van der Waals surface area contributed by atoms with E-state index in [9.17, 15) is 0 Å². The minimum Gasteiger partial charge on any atom is -0.312 e. The maximum Gasteiger partial charge on any atom is 0.154 e. The summed E-state index contributed by atoms with van der Waals surface area (Å²) in [6.07, 6.45) is 1.10. The minimum atomic E-state index is 0.167. The first-order valence-electron chi connectivity index (χ1n) is 7.02. The van der Waals surface area contributed by atoms with Crippen LogP contribution < -0.4 is 5.32 Å². The Labute approximate surface area is 113 Å². The number of nitrogens with one attached hydrogen (secondary N) is 1. The molecule has 0 bridgehead atoms. The second-order valence-electron chi connectivity index (χ2n) is 5.18. The van der Waals surface area contributed by atoms with Crippen molar-refractivity contribution in [3.63, 3.8) is 0 Å². The molecule has 1 aliphatic heterocycles. The van der Waals surface area contributed by atoms with Gasteiger partial charge in [0.05, 0.1) is 6.04 Å². The fourth-order valence-electron chi connectivity index (χ4n) is 2.64. The lowest BCUT2D eigenvalue weighted by Gasteiger charge is -2.26. The highest BCUT2D eigenvalue weighted by molar-refractivity contribution is 5.26. The second-order valence-corrected chi connectivity index (χ2v) is 5.18. The molecule has 4 heteroatoms. The van der Waals surface area contributed by atoms with Gasteiger partial charge in [0.15, 0.2) is 5.82 Å². The molecule has 1 aliphatic rings. The zero-order valence-electron chi connectivity index (χ0n) is 11.5. The van der Waals surface area contributed by atoms with E-state index in [1.807, 2.05) is 6.07 Å². The lowest BCUT2D eigenvalue weighted by Crippen LogP contribution is -2.35. The average Bonchev–Trinajstić information content (AvgIpc) is 2.91. The number of rotatable bonds is 3. The van der Waals surface area contributed by atoms with Gasteiger partial charge in [-0.3, -0.25) is 0 Å². The highest BCUT2D eigenvalue weighted by Crippen LogP contribution is 2.27. The largest absolute Gasteiger partial charge is 0.312 e. The maximum absolute atomic E-state index is 4.43. The van der Waals surface area contributed by atoms with Crippen molar-refractivity contribution >= 4 is 0 Å². The predicted molar refractivity (Wildman–Crippen MR) is 75.0 cm³/mol. The van der Waals surface area contributed by atoms with Gasteiger partial charge in [0.2, 0.25) is 0 Å². The van der Waals surface area contributed by atoms with Crippen LogP contribution in [0, 0.1) is 0 Å². The van der Waals surface area contributed by atoms with Crippen molar-refractivity contribution < 1.29 is 0 Å². The van der Waals surface area contributed by atoms with E-state index in [0.29, 0.717) is 5.92 Å². The van der Waals surface area contributed by atoms with E-state index in [2.05, 4.69) is 58.2 Å². The Morgan fingerprint density at radius 1 is 1.32 bits per heavy atom. The molecule has 0 spiro atoms. The summed E-state index contributed by atoms with van der Waals surface area (Å²) in [4.78, 5) is 0.